The third kappa shape index (κ3) is 2.52. The second kappa shape index (κ2) is 6.07. The number of hydrogen-bond acceptors (Lipinski definition) is 2. The second-order valence-corrected chi connectivity index (χ2v) is 9.03. The molecule has 0 aromatic heterocycles. The van der Waals surface area contributed by atoms with Gasteiger partial charge in [-0.15, -0.1) is 0 Å². The summed E-state index contributed by atoms with van der Waals surface area (Å²) in [4.78, 5) is 0. The number of rotatable bonds is 2. The molecule has 3 aliphatic rings. The van der Waals surface area contributed by atoms with Gasteiger partial charge in [-0.1, -0.05) is 44.9 Å². The average molecular weight is 322 g/mol. The summed E-state index contributed by atoms with van der Waals surface area (Å²) >= 11 is 0. The highest BCUT2D eigenvalue weighted by atomic mass is 14.6. The molecule has 2 nitrogen and oxygen atoms in total. The van der Waals surface area contributed by atoms with Crippen molar-refractivity contribution in [2.45, 2.75) is 66.2 Å². The van der Waals surface area contributed by atoms with Crippen molar-refractivity contribution < 1.29 is 0 Å². The van der Waals surface area contributed by atoms with Crippen LogP contribution in [0.25, 0.3) is 0 Å². The third-order valence-electron chi connectivity index (χ3n) is 7.35. The van der Waals surface area contributed by atoms with Crippen LogP contribution in [0, 0.1) is 57.2 Å². The molecule has 0 aromatic rings. The van der Waals surface area contributed by atoms with Gasteiger partial charge in [0.05, 0.1) is 17.6 Å². The molecule has 0 N–H and O–H groups in total. The molecule has 0 bridgehead atoms. The highest BCUT2D eigenvalue weighted by Gasteiger charge is 2.55. The van der Waals surface area contributed by atoms with Crippen molar-refractivity contribution in [1.29, 1.82) is 10.5 Å². The van der Waals surface area contributed by atoms with Gasteiger partial charge in [0.25, 0.3) is 0 Å². The van der Waals surface area contributed by atoms with Gasteiger partial charge in [-0.25, -0.2) is 0 Å². The Morgan fingerprint density at radius 3 is 2.62 bits per heavy atom. The van der Waals surface area contributed by atoms with Gasteiger partial charge < -0.3 is 0 Å². The predicted molar refractivity (Wildman–Crippen MR) is 96.6 cm³/mol. The molecular formula is C22H30N2. The molecular weight excluding hydrogens is 292 g/mol. The molecule has 0 unspecified atom stereocenters. The number of fused-ring (bicyclic) bond motifs is 3. The highest BCUT2D eigenvalue weighted by molar-refractivity contribution is 5.37. The number of nitrogens with zero attached hydrogens (tertiary/aromatic N) is 2. The molecule has 24 heavy (non-hydrogen) atoms. The normalized spacial score (nSPS) is 41.4. The molecule has 2 heteroatoms. The van der Waals surface area contributed by atoms with Crippen molar-refractivity contribution in [2.75, 3.05) is 0 Å². The van der Waals surface area contributed by atoms with Crippen molar-refractivity contribution >= 4 is 0 Å². The Bertz CT molecular complexity index is 656. The van der Waals surface area contributed by atoms with Crippen LogP contribution in [-0.2, 0) is 0 Å². The first kappa shape index (κ1) is 17.3. The number of allylic oxidation sites excluding steroid dienone is 4. The van der Waals surface area contributed by atoms with Crippen LogP contribution >= 0.6 is 0 Å². The fraction of sp³-hybridized carbons (Fsp3) is 0.727. The summed E-state index contributed by atoms with van der Waals surface area (Å²) in [6.07, 6.45) is 11.0. The maximum absolute atomic E-state index is 9.83. The molecule has 3 aliphatic carbocycles. The third-order valence-corrected chi connectivity index (χ3v) is 7.35. The molecule has 0 aromatic carbocycles. The van der Waals surface area contributed by atoms with E-state index in [2.05, 4.69) is 52.0 Å². The Labute approximate surface area is 147 Å². The molecule has 5 atom stereocenters. The Morgan fingerprint density at radius 2 is 2.00 bits per heavy atom. The van der Waals surface area contributed by atoms with Crippen molar-refractivity contribution in [3.63, 3.8) is 0 Å². The molecule has 128 valence electrons. The predicted octanol–water partition coefficient (Wildman–Crippen LogP) is 5.78. The zero-order chi connectivity index (χ0) is 17.5. The molecule has 0 saturated heterocycles. The molecule has 0 heterocycles. The van der Waals surface area contributed by atoms with Crippen LogP contribution in [0.3, 0.4) is 0 Å². The van der Waals surface area contributed by atoms with Crippen molar-refractivity contribution in [1.82, 2.24) is 0 Å². The standard InChI is InChI=1S/C22H30N2/c1-15(2)18-12-17-6-7-20-21(3,14-24)9-5-10-22(20,4)19(17)13-16(18)8-11-23/h6,12,15-16,19-20H,5,7-10,13H2,1-4H3/t16-,19+,20-,21+,22+/m0/s1. The van der Waals surface area contributed by atoms with Crippen molar-refractivity contribution in [3.8, 4) is 12.1 Å². The van der Waals surface area contributed by atoms with E-state index < -0.39 is 0 Å². The van der Waals surface area contributed by atoms with E-state index in [-0.39, 0.29) is 10.8 Å². The summed E-state index contributed by atoms with van der Waals surface area (Å²) in [6, 6.07) is 5.08. The van der Waals surface area contributed by atoms with E-state index in [1.807, 2.05) is 0 Å². The van der Waals surface area contributed by atoms with Crippen LogP contribution in [0.5, 0.6) is 0 Å². The summed E-state index contributed by atoms with van der Waals surface area (Å²) in [7, 11) is 0. The molecule has 3 rings (SSSR count). The zero-order valence-electron chi connectivity index (χ0n) is 15.6. The van der Waals surface area contributed by atoms with E-state index in [4.69, 9.17) is 0 Å². The van der Waals surface area contributed by atoms with E-state index in [0.717, 1.165) is 25.7 Å². The second-order valence-electron chi connectivity index (χ2n) is 9.03. The van der Waals surface area contributed by atoms with Gasteiger partial charge in [0, 0.05) is 6.42 Å². The van der Waals surface area contributed by atoms with Gasteiger partial charge in [0.2, 0.25) is 0 Å². The first-order chi connectivity index (χ1) is 11.4. The molecule has 1 fully saturated rings. The van der Waals surface area contributed by atoms with Gasteiger partial charge in [-0.3, -0.25) is 0 Å². The van der Waals surface area contributed by atoms with E-state index in [0.29, 0.717) is 30.1 Å². The minimum absolute atomic E-state index is 0.193. The summed E-state index contributed by atoms with van der Waals surface area (Å²) in [5.74, 6) is 1.87. The van der Waals surface area contributed by atoms with Crippen molar-refractivity contribution in [2.24, 2.45) is 34.5 Å². The quantitative estimate of drug-likeness (QED) is 0.646. The monoisotopic (exact) mass is 322 g/mol. The van der Waals surface area contributed by atoms with Crippen LogP contribution in [-0.4, -0.2) is 0 Å². The first-order valence-electron chi connectivity index (χ1n) is 9.55. The summed E-state index contributed by atoms with van der Waals surface area (Å²) < 4.78 is 0. The lowest BCUT2D eigenvalue weighted by atomic mass is 9.46. The van der Waals surface area contributed by atoms with E-state index >= 15 is 0 Å². The number of hydrogen-bond donors (Lipinski definition) is 0. The largest absolute Gasteiger partial charge is 0.198 e. The van der Waals surface area contributed by atoms with Gasteiger partial charge >= 0.3 is 0 Å². The Morgan fingerprint density at radius 1 is 1.25 bits per heavy atom. The van der Waals surface area contributed by atoms with Gasteiger partial charge in [-0.05, 0) is 67.3 Å². The lowest BCUT2D eigenvalue weighted by molar-refractivity contribution is -0.0245. The first-order valence-corrected chi connectivity index (χ1v) is 9.55. The summed E-state index contributed by atoms with van der Waals surface area (Å²) in [6.45, 7) is 9.11. The highest BCUT2D eigenvalue weighted by Crippen LogP contribution is 2.62. The van der Waals surface area contributed by atoms with E-state index in [1.165, 1.54) is 17.6 Å². The topological polar surface area (TPSA) is 47.6 Å². The fourth-order valence-electron chi connectivity index (χ4n) is 6.02. The smallest absolute Gasteiger partial charge is 0.0690 e. The van der Waals surface area contributed by atoms with Crippen LogP contribution in [0.4, 0.5) is 0 Å². The molecule has 1 saturated carbocycles. The Balaban J connectivity index is 2.03. The minimum Gasteiger partial charge on any atom is -0.198 e. The van der Waals surface area contributed by atoms with Crippen LogP contribution in [0.1, 0.15) is 66.2 Å². The van der Waals surface area contributed by atoms with Gasteiger partial charge in [0.15, 0.2) is 0 Å². The summed E-state index contributed by atoms with van der Waals surface area (Å²) in [5, 5.41) is 19.1. The van der Waals surface area contributed by atoms with E-state index in [1.54, 1.807) is 0 Å². The van der Waals surface area contributed by atoms with Crippen molar-refractivity contribution in [3.05, 3.63) is 23.3 Å². The van der Waals surface area contributed by atoms with Crippen LogP contribution in [0.2, 0.25) is 0 Å². The fourth-order valence-corrected chi connectivity index (χ4v) is 6.02. The lowest BCUT2D eigenvalue weighted by Gasteiger charge is -2.57. The summed E-state index contributed by atoms with van der Waals surface area (Å²) in [5.41, 5.74) is 2.97. The maximum atomic E-state index is 9.83. The molecule has 0 aliphatic heterocycles. The average Bonchev–Trinajstić information content (AvgIpc) is 2.54. The Kier molecular flexibility index (Phi) is 4.37. The van der Waals surface area contributed by atoms with Gasteiger partial charge in [-0.2, -0.15) is 10.5 Å². The molecule has 0 amide bonds. The number of nitriles is 2. The maximum Gasteiger partial charge on any atom is 0.0690 e. The van der Waals surface area contributed by atoms with E-state index in [9.17, 15) is 10.5 Å². The molecule has 0 spiro atoms. The minimum atomic E-state index is -0.193. The lowest BCUT2D eigenvalue weighted by Crippen LogP contribution is -2.50. The Hall–Kier alpha value is -1.54. The zero-order valence-corrected chi connectivity index (χ0v) is 15.6. The van der Waals surface area contributed by atoms with Crippen LogP contribution < -0.4 is 0 Å². The molecule has 0 radical (unpaired) electrons. The SMILES string of the molecule is CC(C)C1=CC2=CC[C@@H]3[C@](C)(CCC[C@]3(C)C#N)[C@@H]2C[C@@H]1CC#N. The van der Waals surface area contributed by atoms with Gasteiger partial charge in [0.1, 0.15) is 0 Å². The van der Waals surface area contributed by atoms with Crippen LogP contribution in [0.15, 0.2) is 23.3 Å².